The first kappa shape index (κ1) is 28.6. The third-order valence-electron chi connectivity index (χ3n) is 9.13. The minimum Gasteiger partial charge on any atom is -0.467 e. The summed E-state index contributed by atoms with van der Waals surface area (Å²) in [6.45, 7) is 3.21. The average Bonchev–Trinajstić information content (AvgIpc) is 3.70. The van der Waals surface area contributed by atoms with Crippen LogP contribution in [0.2, 0.25) is 0 Å². The standard InChI is InChI=1S/C25H21F2N7O.C7H12FN/c1-3-12-5-4-6-17-18(12)22(31-24(28)30-17)19-16(26)9-15-21(20(19)27)32-25(35-2)33-23(15)34-10-13-7-8-14(11-34)29-13;8-6-4-7-2-1-3-9(7)5-6/h1,4-6,9,13-14,29H,7-8,10-11H2,2H3,(H2,28,30,31);6-7H,1-5H2. The average molecular weight is 603 g/mol. The molecule has 0 amide bonds. The lowest BCUT2D eigenvalue weighted by atomic mass is 9.99. The number of nitrogen functional groups attached to an aromatic ring is 1. The van der Waals surface area contributed by atoms with E-state index in [-0.39, 0.29) is 34.1 Å². The van der Waals surface area contributed by atoms with Crippen molar-refractivity contribution in [1.29, 1.82) is 0 Å². The summed E-state index contributed by atoms with van der Waals surface area (Å²) in [6.07, 6.45) is 10.6. The minimum atomic E-state index is -0.897. The summed E-state index contributed by atoms with van der Waals surface area (Å²) in [4.78, 5) is 21.4. The number of ether oxygens (including phenoxy) is 1. The number of fused-ring (bicyclic) bond motifs is 5. The van der Waals surface area contributed by atoms with Crippen molar-refractivity contribution in [3.8, 4) is 29.6 Å². The summed E-state index contributed by atoms with van der Waals surface area (Å²) in [5.41, 5.74) is 6.19. The van der Waals surface area contributed by atoms with Crippen LogP contribution in [0.1, 0.15) is 37.7 Å². The van der Waals surface area contributed by atoms with E-state index in [4.69, 9.17) is 16.9 Å². The van der Waals surface area contributed by atoms with E-state index in [0.29, 0.717) is 60.0 Å². The number of hydrogen-bond acceptors (Lipinski definition) is 9. The van der Waals surface area contributed by atoms with Gasteiger partial charge >= 0.3 is 6.01 Å². The lowest BCUT2D eigenvalue weighted by Gasteiger charge is -2.34. The quantitative estimate of drug-likeness (QED) is 0.334. The Morgan fingerprint density at radius 2 is 1.86 bits per heavy atom. The zero-order valence-electron chi connectivity index (χ0n) is 24.4. The molecule has 4 unspecified atom stereocenters. The molecule has 4 aliphatic rings. The number of hydrogen-bond donors (Lipinski definition) is 2. The molecule has 4 atom stereocenters. The minimum absolute atomic E-state index is 0.00814. The van der Waals surface area contributed by atoms with Crippen molar-refractivity contribution in [2.45, 2.75) is 56.4 Å². The van der Waals surface area contributed by atoms with Gasteiger partial charge in [-0.1, -0.05) is 12.0 Å². The molecule has 9 nitrogen and oxygen atoms in total. The van der Waals surface area contributed by atoms with Gasteiger partial charge in [0.25, 0.3) is 0 Å². The number of alkyl halides is 1. The molecule has 2 aromatic carbocycles. The fourth-order valence-corrected chi connectivity index (χ4v) is 7.21. The molecule has 4 aromatic rings. The van der Waals surface area contributed by atoms with E-state index in [0.717, 1.165) is 25.8 Å². The highest BCUT2D eigenvalue weighted by molar-refractivity contribution is 6.01. The summed E-state index contributed by atoms with van der Waals surface area (Å²) in [6, 6.07) is 7.47. The van der Waals surface area contributed by atoms with Crippen LogP contribution in [0.3, 0.4) is 0 Å². The van der Waals surface area contributed by atoms with Crippen molar-refractivity contribution in [2.24, 2.45) is 0 Å². The van der Waals surface area contributed by atoms with Crippen LogP contribution in [0.25, 0.3) is 33.1 Å². The van der Waals surface area contributed by atoms with Crippen molar-refractivity contribution in [1.82, 2.24) is 30.2 Å². The predicted molar refractivity (Wildman–Crippen MR) is 163 cm³/mol. The predicted octanol–water partition coefficient (Wildman–Crippen LogP) is 4.22. The summed E-state index contributed by atoms with van der Waals surface area (Å²) >= 11 is 0. The van der Waals surface area contributed by atoms with Gasteiger partial charge in [-0.05, 0) is 56.8 Å². The van der Waals surface area contributed by atoms with Gasteiger partial charge in [0.05, 0.1) is 23.9 Å². The SMILES string of the molecule is C#Cc1cccc2nc(N)nc(-c3c(F)cc4c(N5CC6CCC(C5)N6)nc(OC)nc4c3F)c12.FC1CC2CCCN2C1. The van der Waals surface area contributed by atoms with Crippen molar-refractivity contribution < 1.29 is 17.9 Å². The monoisotopic (exact) mass is 602 g/mol. The summed E-state index contributed by atoms with van der Waals surface area (Å²) in [5, 5.41) is 4.14. The summed E-state index contributed by atoms with van der Waals surface area (Å²) < 4.78 is 49.8. The van der Waals surface area contributed by atoms with Crippen molar-refractivity contribution in [2.75, 3.05) is 43.9 Å². The van der Waals surface area contributed by atoms with Gasteiger partial charge in [-0.25, -0.2) is 23.1 Å². The molecule has 4 saturated heterocycles. The van der Waals surface area contributed by atoms with Crippen molar-refractivity contribution in [3.05, 3.63) is 41.5 Å². The molecule has 2 aromatic heterocycles. The third-order valence-corrected chi connectivity index (χ3v) is 9.13. The normalized spacial score (nSPS) is 24.3. The van der Waals surface area contributed by atoms with Gasteiger partial charge in [-0.15, -0.1) is 6.42 Å². The van der Waals surface area contributed by atoms with E-state index in [1.807, 2.05) is 4.90 Å². The lowest BCUT2D eigenvalue weighted by Crippen LogP contribution is -2.51. The van der Waals surface area contributed by atoms with E-state index in [9.17, 15) is 4.39 Å². The second-order valence-corrected chi connectivity index (χ2v) is 11.9. The van der Waals surface area contributed by atoms with Crippen LogP contribution in [-0.4, -0.2) is 82.4 Å². The highest BCUT2D eigenvalue weighted by atomic mass is 19.1. The van der Waals surface area contributed by atoms with Crippen LogP contribution in [0, 0.1) is 24.0 Å². The largest absolute Gasteiger partial charge is 0.467 e. The van der Waals surface area contributed by atoms with E-state index >= 15 is 8.78 Å². The molecule has 44 heavy (non-hydrogen) atoms. The van der Waals surface area contributed by atoms with E-state index in [2.05, 4.69) is 36.1 Å². The Kier molecular flexibility index (Phi) is 7.38. The number of nitrogens with zero attached hydrogens (tertiary/aromatic N) is 6. The third kappa shape index (κ3) is 5.04. The number of terminal acetylenes is 1. The molecular weight excluding hydrogens is 569 g/mol. The van der Waals surface area contributed by atoms with Gasteiger partial charge in [0, 0.05) is 54.1 Å². The van der Waals surface area contributed by atoms with Crippen LogP contribution >= 0.6 is 0 Å². The summed E-state index contributed by atoms with van der Waals surface area (Å²) in [7, 11) is 1.41. The number of aromatic nitrogens is 4. The van der Waals surface area contributed by atoms with Crippen molar-refractivity contribution >= 4 is 33.6 Å². The lowest BCUT2D eigenvalue weighted by molar-refractivity contribution is 0.292. The van der Waals surface area contributed by atoms with E-state index in [1.165, 1.54) is 26.0 Å². The topological polar surface area (TPSA) is 105 Å². The maximum atomic E-state index is 16.2. The molecule has 12 heteroatoms. The number of nitrogens with one attached hydrogen (secondary N) is 1. The van der Waals surface area contributed by atoms with E-state index < -0.39 is 17.8 Å². The first-order valence-corrected chi connectivity index (χ1v) is 15.0. The van der Waals surface area contributed by atoms with Crippen LogP contribution in [-0.2, 0) is 0 Å². The highest BCUT2D eigenvalue weighted by Crippen LogP contribution is 2.39. The van der Waals surface area contributed by atoms with Gasteiger partial charge in [-0.2, -0.15) is 9.97 Å². The molecule has 228 valence electrons. The molecule has 8 rings (SSSR count). The van der Waals surface area contributed by atoms with Crippen LogP contribution in [0.15, 0.2) is 24.3 Å². The first-order chi connectivity index (χ1) is 21.3. The van der Waals surface area contributed by atoms with E-state index in [1.54, 1.807) is 18.2 Å². The fraction of sp³-hybridized carbons (Fsp3) is 0.438. The maximum absolute atomic E-state index is 16.2. The van der Waals surface area contributed by atoms with Gasteiger partial charge in [0.1, 0.15) is 23.3 Å². The Morgan fingerprint density at radius 3 is 2.59 bits per heavy atom. The molecule has 6 heterocycles. The molecule has 3 N–H and O–H groups in total. The Hall–Kier alpha value is -4.21. The van der Waals surface area contributed by atoms with Gasteiger partial charge < -0.3 is 20.7 Å². The first-order valence-electron chi connectivity index (χ1n) is 15.0. The molecule has 4 aliphatic heterocycles. The smallest absolute Gasteiger partial charge is 0.318 e. The molecular formula is C32H33F3N8O. The Labute approximate surface area is 253 Å². The number of halogens is 3. The van der Waals surface area contributed by atoms with Crippen LogP contribution in [0.4, 0.5) is 24.9 Å². The zero-order chi connectivity index (χ0) is 30.5. The molecule has 0 spiro atoms. The summed E-state index contributed by atoms with van der Waals surface area (Å²) in [5.74, 6) is 1.12. The van der Waals surface area contributed by atoms with Gasteiger partial charge in [-0.3, -0.25) is 4.90 Å². The van der Waals surface area contributed by atoms with Gasteiger partial charge in [0.2, 0.25) is 5.95 Å². The van der Waals surface area contributed by atoms with Crippen LogP contribution in [0.5, 0.6) is 6.01 Å². The number of rotatable bonds is 3. The molecule has 0 aliphatic carbocycles. The zero-order valence-corrected chi connectivity index (χ0v) is 24.4. The number of piperazine rings is 1. The number of methoxy groups -OCH3 is 1. The molecule has 2 bridgehead atoms. The van der Waals surface area contributed by atoms with Gasteiger partial charge in [0.15, 0.2) is 5.82 Å². The second-order valence-electron chi connectivity index (χ2n) is 11.9. The molecule has 4 fully saturated rings. The molecule has 0 radical (unpaired) electrons. The Morgan fingerprint density at radius 1 is 1.07 bits per heavy atom. The number of benzene rings is 2. The Bertz CT molecular complexity index is 1770. The fourth-order valence-electron chi connectivity index (χ4n) is 7.21. The Balaban J connectivity index is 0.000000296. The number of anilines is 2. The van der Waals surface area contributed by atoms with Crippen LogP contribution < -0.4 is 20.7 Å². The maximum Gasteiger partial charge on any atom is 0.318 e. The highest BCUT2D eigenvalue weighted by Gasteiger charge is 2.36. The van der Waals surface area contributed by atoms with Crippen molar-refractivity contribution in [3.63, 3.8) is 0 Å². The number of nitrogens with two attached hydrogens (primary N) is 1. The second kappa shape index (κ2) is 11.4. The molecule has 0 saturated carbocycles.